The largest absolute Gasteiger partial charge is 0.397 e. The zero-order valence-corrected chi connectivity index (χ0v) is 13.0. The highest BCUT2D eigenvalue weighted by Crippen LogP contribution is 2.26. The lowest BCUT2D eigenvalue weighted by Gasteiger charge is -2.14. The molecule has 5 nitrogen and oxygen atoms in total. The highest BCUT2D eigenvalue weighted by atomic mass is 35.5. The van der Waals surface area contributed by atoms with Crippen molar-refractivity contribution < 1.29 is 8.42 Å². The van der Waals surface area contributed by atoms with Crippen LogP contribution in [0.4, 0.5) is 5.69 Å². The fraction of sp³-hybridized carbons (Fsp3) is 0.500. The van der Waals surface area contributed by atoms with Crippen molar-refractivity contribution in [2.75, 3.05) is 32.4 Å². The number of benzene rings is 1. The summed E-state index contributed by atoms with van der Waals surface area (Å²) in [4.78, 5) is 2.16. The molecule has 1 rings (SSSR count). The van der Waals surface area contributed by atoms with Crippen molar-refractivity contribution in [3.8, 4) is 0 Å². The van der Waals surface area contributed by atoms with E-state index in [1.54, 1.807) is 6.92 Å². The SMILES string of the molecule is CCN(C)CCNS(=O)(=O)c1cc(C)c(Cl)c(N)c1. The standard InChI is InChI=1S/C12H20ClN3O2S/c1-4-16(3)6-5-15-19(17,18)10-7-9(2)12(13)11(14)8-10/h7-8,15H,4-6,14H2,1-3H3. The lowest BCUT2D eigenvalue weighted by molar-refractivity contribution is 0.358. The summed E-state index contributed by atoms with van der Waals surface area (Å²) in [5, 5.41) is 0.393. The van der Waals surface area contributed by atoms with Gasteiger partial charge in [-0.15, -0.1) is 0 Å². The summed E-state index contributed by atoms with van der Waals surface area (Å²) in [6.07, 6.45) is 0. The number of halogens is 1. The van der Waals surface area contributed by atoms with Gasteiger partial charge in [-0.05, 0) is 38.2 Å². The fourth-order valence-electron chi connectivity index (χ4n) is 1.53. The second-order valence-corrected chi connectivity index (χ2v) is 6.58. The highest BCUT2D eigenvalue weighted by molar-refractivity contribution is 7.89. The quantitative estimate of drug-likeness (QED) is 0.780. The third-order valence-electron chi connectivity index (χ3n) is 2.89. The zero-order chi connectivity index (χ0) is 14.6. The Balaban J connectivity index is 2.83. The number of hydrogen-bond acceptors (Lipinski definition) is 4. The third kappa shape index (κ3) is 4.35. The molecule has 0 saturated heterocycles. The minimum absolute atomic E-state index is 0.144. The van der Waals surface area contributed by atoms with E-state index in [2.05, 4.69) is 4.72 Å². The van der Waals surface area contributed by atoms with E-state index in [0.29, 0.717) is 23.7 Å². The predicted molar refractivity (Wildman–Crippen MR) is 79.0 cm³/mol. The van der Waals surface area contributed by atoms with E-state index in [1.165, 1.54) is 12.1 Å². The summed E-state index contributed by atoms with van der Waals surface area (Å²) in [7, 11) is -1.61. The van der Waals surface area contributed by atoms with Gasteiger partial charge in [0.2, 0.25) is 10.0 Å². The van der Waals surface area contributed by atoms with Gasteiger partial charge < -0.3 is 10.6 Å². The molecule has 0 amide bonds. The average Bonchev–Trinajstić information content (AvgIpc) is 2.34. The molecule has 108 valence electrons. The van der Waals surface area contributed by atoms with E-state index in [0.717, 1.165) is 6.54 Å². The van der Waals surface area contributed by atoms with Crippen LogP contribution in [0.3, 0.4) is 0 Å². The van der Waals surface area contributed by atoms with E-state index >= 15 is 0 Å². The zero-order valence-electron chi connectivity index (χ0n) is 11.4. The summed E-state index contributed by atoms with van der Waals surface area (Å²) < 4.78 is 26.7. The number of rotatable bonds is 6. The Morgan fingerprint density at radius 2 is 2.05 bits per heavy atom. The number of hydrogen-bond donors (Lipinski definition) is 2. The fourth-order valence-corrected chi connectivity index (χ4v) is 2.78. The summed E-state index contributed by atoms with van der Waals surface area (Å²) >= 11 is 5.92. The summed E-state index contributed by atoms with van der Waals surface area (Å²) in [5.41, 5.74) is 6.60. The average molecular weight is 306 g/mol. The number of sulfonamides is 1. The molecule has 0 aromatic heterocycles. The molecule has 0 aliphatic carbocycles. The maximum atomic E-state index is 12.1. The van der Waals surface area contributed by atoms with Crippen LogP contribution < -0.4 is 10.5 Å². The van der Waals surface area contributed by atoms with Gasteiger partial charge in [-0.3, -0.25) is 0 Å². The van der Waals surface area contributed by atoms with Gasteiger partial charge in [-0.25, -0.2) is 13.1 Å². The predicted octanol–water partition coefficient (Wildman–Crippen LogP) is 1.46. The monoisotopic (exact) mass is 305 g/mol. The first-order valence-electron chi connectivity index (χ1n) is 6.01. The molecule has 3 N–H and O–H groups in total. The topological polar surface area (TPSA) is 75.4 Å². The second-order valence-electron chi connectivity index (χ2n) is 4.44. The second kappa shape index (κ2) is 6.56. The molecule has 19 heavy (non-hydrogen) atoms. The first-order valence-corrected chi connectivity index (χ1v) is 7.88. The summed E-state index contributed by atoms with van der Waals surface area (Å²) in [5.74, 6) is 0. The van der Waals surface area contributed by atoms with Gasteiger partial charge in [0.25, 0.3) is 0 Å². The number of nitrogen functional groups attached to an aromatic ring is 1. The molecular weight excluding hydrogens is 286 g/mol. The Kier molecular flexibility index (Phi) is 5.61. The van der Waals surface area contributed by atoms with Crippen LogP contribution >= 0.6 is 11.6 Å². The van der Waals surface area contributed by atoms with Crippen LogP contribution in [0.1, 0.15) is 12.5 Å². The maximum absolute atomic E-state index is 12.1. The molecule has 0 bridgehead atoms. The molecule has 0 atom stereocenters. The first-order chi connectivity index (χ1) is 8.77. The summed E-state index contributed by atoms with van der Waals surface area (Å²) in [6, 6.07) is 2.89. The van der Waals surface area contributed by atoms with Crippen molar-refractivity contribution >= 4 is 27.3 Å². The molecule has 0 heterocycles. The summed E-state index contributed by atoms with van der Waals surface area (Å²) in [6.45, 7) is 5.61. The maximum Gasteiger partial charge on any atom is 0.240 e. The van der Waals surface area contributed by atoms with Crippen LogP contribution in [0.25, 0.3) is 0 Å². The van der Waals surface area contributed by atoms with Crippen molar-refractivity contribution in [3.63, 3.8) is 0 Å². The Morgan fingerprint density at radius 1 is 1.42 bits per heavy atom. The van der Waals surface area contributed by atoms with Gasteiger partial charge in [-0.2, -0.15) is 0 Å². The number of nitrogens with two attached hydrogens (primary N) is 1. The van der Waals surface area contributed by atoms with Crippen molar-refractivity contribution in [3.05, 3.63) is 22.7 Å². The Morgan fingerprint density at radius 3 is 2.58 bits per heavy atom. The Labute approximate surface area is 119 Å². The minimum atomic E-state index is -3.54. The minimum Gasteiger partial charge on any atom is -0.397 e. The normalized spacial score (nSPS) is 12.1. The van der Waals surface area contributed by atoms with Crippen molar-refractivity contribution in [2.24, 2.45) is 0 Å². The lowest BCUT2D eigenvalue weighted by Crippen LogP contribution is -2.33. The number of nitrogens with zero attached hydrogens (tertiary/aromatic N) is 1. The van der Waals surface area contributed by atoms with E-state index < -0.39 is 10.0 Å². The molecule has 1 aromatic carbocycles. The van der Waals surface area contributed by atoms with Gasteiger partial charge >= 0.3 is 0 Å². The molecule has 0 aliphatic rings. The van der Waals surface area contributed by atoms with Crippen molar-refractivity contribution in [1.29, 1.82) is 0 Å². The molecule has 0 fully saturated rings. The van der Waals surface area contributed by atoms with E-state index in [-0.39, 0.29) is 10.6 Å². The van der Waals surface area contributed by atoms with Gasteiger partial charge in [-0.1, -0.05) is 18.5 Å². The molecule has 7 heteroatoms. The smallest absolute Gasteiger partial charge is 0.240 e. The molecule has 0 saturated carbocycles. The van der Waals surface area contributed by atoms with Gasteiger partial charge in [0.15, 0.2) is 0 Å². The molecule has 0 radical (unpaired) electrons. The van der Waals surface area contributed by atoms with Crippen LogP contribution in [-0.2, 0) is 10.0 Å². The van der Waals surface area contributed by atoms with Crippen molar-refractivity contribution in [1.82, 2.24) is 9.62 Å². The molecule has 0 aliphatic heterocycles. The van der Waals surface area contributed by atoms with E-state index in [9.17, 15) is 8.42 Å². The number of nitrogens with one attached hydrogen (secondary N) is 1. The third-order valence-corrected chi connectivity index (χ3v) is 4.85. The van der Waals surface area contributed by atoms with Crippen LogP contribution in [0.5, 0.6) is 0 Å². The number of aryl methyl sites for hydroxylation is 1. The highest BCUT2D eigenvalue weighted by Gasteiger charge is 2.16. The number of anilines is 1. The van der Waals surface area contributed by atoms with Crippen LogP contribution in [0, 0.1) is 6.92 Å². The lowest BCUT2D eigenvalue weighted by atomic mass is 10.2. The molecule has 1 aromatic rings. The van der Waals surface area contributed by atoms with Crippen molar-refractivity contribution in [2.45, 2.75) is 18.7 Å². The molecule has 0 unspecified atom stereocenters. The van der Waals surface area contributed by atoms with Gasteiger partial charge in [0.1, 0.15) is 0 Å². The molecule has 0 spiro atoms. The van der Waals surface area contributed by atoms with Gasteiger partial charge in [0.05, 0.1) is 15.6 Å². The molecular formula is C12H20ClN3O2S. The number of likely N-dealkylation sites (N-methyl/N-ethyl adjacent to an activating group) is 1. The van der Waals surface area contributed by atoms with E-state index in [1.807, 2.05) is 18.9 Å². The first kappa shape index (κ1) is 16.2. The Bertz CT molecular complexity index is 523. The van der Waals surface area contributed by atoms with Crippen LogP contribution in [-0.4, -0.2) is 40.0 Å². The van der Waals surface area contributed by atoms with Gasteiger partial charge in [0, 0.05) is 13.1 Å². The van der Waals surface area contributed by atoms with Crippen LogP contribution in [0.2, 0.25) is 5.02 Å². The van der Waals surface area contributed by atoms with E-state index in [4.69, 9.17) is 17.3 Å². The Hall–Kier alpha value is -0.820. The van der Waals surface area contributed by atoms with Crippen LogP contribution in [0.15, 0.2) is 17.0 Å².